The van der Waals surface area contributed by atoms with Crippen molar-refractivity contribution >= 4 is 28.9 Å². The summed E-state index contributed by atoms with van der Waals surface area (Å²) in [6.45, 7) is 1.61. The van der Waals surface area contributed by atoms with Crippen molar-refractivity contribution in [1.29, 1.82) is 0 Å². The van der Waals surface area contributed by atoms with Crippen LogP contribution in [0.4, 0.5) is 4.39 Å². The molecular weight excluding hydrogens is 462 g/mol. The molecule has 5 heteroatoms. The van der Waals surface area contributed by atoms with Gasteiger partial charge in [0.15, 0.2) is 5.82 Å². The molecule has 1 nitrogen and oxygen atoms in total. The average Bonchev–Trinajstić information content (AvgIpc) is 2.15. The molecule has 0 aliphatic rings. The van der Waals surface area contributed by atoms with Crippen LogP contribution in [-0.2, 0) is 0 Å². The molecule has 0 amide bonds. The van der Waals surface area contributed by atoms with E-state index in [0.29, 0.717) is 0 Å². The fourth-order valence-electron chi connectivity index (χ4n) is 0.938. The molecule has 76 valence electrons. The van der Waals surface area contributed by atoms with Gasteiger partial charge in [-0.15, -0.1) is 12.5 Å². The van der Waals surface area contributed by atoms with Crippen LogP contribution in [0.3, 0.4) is 0 Å². The van der Waals surface area contributed by atoms with Crippen LogP contribution in [-0.4, -0.2) is 5.71 Å². The van der Waals surface area contributed by atoms with Gasteiger partial charge in [0.2, 0.25) is 0 Å². The van der Waals surface area contributed by atoms with Gasteiger partial charge in [0, 0.05) is 0 Å². The Balaban J connectivity index is 0.00000196. The summed E-state index contributed by atoms with van der Waals surface area (Å²) in [7, 11) is 0. The molecule has 0 bridgehead atoms. The monoisotopic (exact) mass is 467 g/mol. The Morgan fingerprint density at radius 3 is 2.60 bits per heavy atom. The van der Waals surface area contributed by atoms with Crippen LogP contribution in [0.15, 0.2) is 18.2 Å². The Labute approximate surface area is 122 Å². The quantitative estimate of drug-likeness (QED) is 0.358. The molecule has 0 saturated heterocycles. The first kappa shape index (κ1) is 15.2. The third kappa shape index (κ3) is 3.60. The molecule has 0 spiro atoms. The largest absolute Gasteiger partial charge is 2.00 e. The number of halogens is 3. The molecule has 15 heavy (non-hydrogen) atoms. The van der Waals surface area contributed by atoms with Gasteiger partial charge in [0.25, 0.3) is 0 Å². The summed E-state index contributed by atoms with van der Waals surface area (Å²) in [5, 5.41) is 9.15. The van der Waals surface area contributed by atoms with E-state index in [1.807, 2.05) is 0 Å². The van der Waals surface area contributed by atoms with E-state index in [9.17, 15) is 9.80 Å². The molecule has 0 heterocycles. The first-order chi connectivity index (χ1) is 6.57. The minimum Gasteiger partial charge on any atom is -0.904 e. The van der Waals surface area contributed by atoms with Crippen LogP contribution in [0.5, 0.6) is 0 Å². The number of nitrogens with zero attached hydrogens (tertiary/aromatic N) is 1. The summed E-state index contributed by atoms with van der Waals surface area (Å²) in [5.74, 6) is -0.734. The number of hydrogen-bond donors (Lipinski definition) is 0. The Morgan fingerprint density at radius 1 is 1.47 bits per heavy atom. The molecule has 1 aromatic rings. The zero-order valence-corrected chi connectivity index (χ0v) is 13.5. The second-order valence-corrected chi connectivity index (χ2v) is 3.33. The van der Waals surface area contributed by atoms with Crippen molar-refractivity contribution in [1.82, 2.24) is 0 Å². The predicted octanol–water partition coefficient (Wildman–Crippen LogP) is 3.87. The Morgan fingerprint density at radius 2 is 2.07 bits per heavy atom. The minimum absolute atomic E-state index is 0. The Bertz CT molecular complexity index is 405. The first-order valence-corrected chi connectivity index (χ1v) is 4.53. The van der Waals surface area contributed by atoms with Crippen molar-refractivity contribution in [2.45, 2.75) is 6.92 Å². The predicted molar refractivity (Wildman–Crippen MR) is 57.4 cm³/mol. The van der Waals surface area contributed by atoms with Crippen molar-refractivity contribution in [2.75, 3.05) is 0 Å². The van der Waals surface area contributed by atoms with E-state index in [1.54, 1.807) is 6.92 Å². The van der Waals surface area contributed by atoms with Crippen LogP contribution < -0.4 is 0 Å². The van der Waals surface area contributed by atoms with Gasteiger partial charge in [-0.1, -0.05) is 29.3 Å². The van der Waals surface area contributed by atoms with Crippen LogP contribution in [0.2, 0.25) is 10.0 Å². The molecule has 0 N–H and O–H groups in total. The van der Waals surface area contributed by atoms with Gasteiger partial charge < -0.3 is 11.1 Å². The fraction of sp³-hybridized carbons (Fsp3) is 0.100. The van der Waals surface area contributed by atoms with Gasteiger partial charge in [0.1, 0.15) is 0 Å². The summed E-state index contributed by atoms with van der Waals surface area (Å²) in [4.78, 5) is 0. The molecular formula is C10H6Cl2FNU. The van der Waals surface area contributed by atoms with E-state index in [0.717, 1.165) is 0 Å². The molecule has 0 atom stereocenters. The normalized spacial score (nSPS) is 10.1. The third-order valence-corrected chi connectivity index (χ3v) is 2.25. The van der Waals surface area contributed by atoms with Gasteiger partial charge in [-0.05, 0) is 6.07 Å². The zero-order valence-electron chi connectivity index (χ0n) is 7.81. The second kappa shape index (κ2) is 6.71. The van der Waals surface area contributed by atoms with Gasteiger partial charge >= 0.3 is 31.1 Å². The number of hydrogen-bond acceptors (Lipinski definition) is 0. The van der Waals surface area contributed by atoms with Crippen LogP contribution in [0.1, 0.15) is 12.5 Å². The summed E-state index contributed by atoms with van der Waals surface area (Å²) in [6, 6.07) is 2.77. The number of allylic oxidation sites excluding steroid dienone is 2. The van der Waals surface area contributed by atoms with E-state index in [4.69, 9.17) is 23.2 Å². The van der Waals surface area contributed by atoms with E-state index >= 15 is 0 Å². The topological polar surface area (TPSA) is 22.3 Å². The standard InChI is InChI=1S/C10H6Cl2FN.U/c1-2-3-8(14)6-4-5-7(11)10(13)9(6)12;/h3-5H,1H3;/q-2;+2. The summed E-state index contributed by atoms with van der Waals surface area (Å²) in [5.41, 5.74) is 0.0518. The summed E-state index contributed by atoms with van der Waals surface area (Å²) >= 11 is 11.1. The summed E-state index contributed by atoms with van der Waals surface area (Å²) < 4.78 is 13.2. The van der Waals surface area contributed by atoms with E-state index in [2.05, 4.69) is 6.08 Å². The third-order valence-electron chi connectivity index (χ3n) is 1.59. The minimum atomic E-state index is -0.734. The maximum atomic E-state index is 13.2. The molecule has 1 rings (SSSR count). The molecule has 1 aromatic carbocycles. The first-order valence-electron chi connectivity index (χ1n) is 3.78. The molecule has 0 aromatic heterocycles. The number of benzene rings is 1. The molecule has 0 saturated carbocycles. The van der Waals surface area contributed by atoms with Crippen molar-refractivity contribution in [3.63, 3.8) is 0 Å². The van der Waals surface area contributed by atoms with Crippen molar-refractivity contribution in [2.24, 2.45) is 0 Å². The molecule has 0 fully saturated rings. The maximum absolute atomic E-state index is 13.2. The van der Waals surface area contributed by atoms with Crippen LogP contribution >= 0.6 is 23.2 Å². The SMILES string of the molecule is C[C-]=CC(=[N-])c1ccc(Cl)c(F)c1Cl.[U+2]. The van der Waals surface area contributed by atoms with Crippen LogP contribution in [0.25, 0.3) is 5.41 Å². The molecule has 0 unspecified atom stereocenters. The second-order valence-electron chi connectivity index (χ2n) is 2.54. The van der Waals surface area contributed by atoms with E-state index < -0.39 is 5.82 Å². The summed E-state index contributed by atoms with van der Waals surface area (Å²) in [6.07, 6.45) is 3.90. The van der Waals surface area contributed by atoms with Gasteiger partial charge in [-0.25, -0.2) is 4.39 Å². The smallest absolute Gasteiger partial charge is 0.904 e. The van der Waals surface area contributed by atoms with Gasteiger partial charge in [-0.3, -0.25) is 12.2 Å². The fourth-order valence-corrected chi connectivity index (χ4v) is 1.41. The molecule has 0 radical (unpaired) electrons. The Kier molecular flexibility index (Phi) is 6.79. The maximum Gasteiger partial charge on any atom is 2.00 e. The van der Waals surface area contributed by atoms with Gasteiger partial charge in [0.05, 0.1) is 10.0 Å². The van der Waals surface area contributed by atoms with Crippen molar-refractivity contribution in [3.05, 3.63) is 51.1 Å². The Hall–Kier alpha value is 0.192. The van der Waals surface area contributed by atoms with Crippen molar-refractivity contribution in [3.8, 4) is 0 Å². The van der Waals surface area contributed by atoms with E-state index in [-0.39, 0.29) is 52.4 Å². The van der Waals surface area contributed by atoms with Gasteiger partial charge in [-0.2, -0.15) is 0 Å². The molecule has 0 aliphatic heterocycles. The average molecular weight is 468 g/mol. The zero-order chi connectivity index (χ0) is 10.7. The molecule has 0 aliphatic carbocycles. The van der Waals surface area contributed by atoms with E-state index in [1.165, 1.54) is 18.2 Å². The van der Waals surface area contributed by atoms with Crippen LogP contribution in [0, 0.1) is 43.0 Å². The number of rotatable bonds is 2. The van der Waals surface area contributed by atoms with Crippen molar-refractivity contribution < 1.29 is 35.5 Å².